The van der Waals surface area contributed by atoms with Crippen molar-refractivity contribution in [2.75, 3.05) is 25.9 Å². The molecule has 2 heterocycles. The average molecular weight is 548 g/mol. The van der Waals surface area contributed by atoms with Gasteiger partial charge in [-0.2, -0.15) is 0 Å². The number of nitrogens with zero attached hydrogens (tertiary/aromatic N) is 4. The van der Waals surface area contributed by atoms with Crippen LogP contribution in [0.3, 0.4) is 0 Å². The second-order valence-corrected chi connectivity index (χ2v) is 8.68. The lowest BCUT2D eigenvalue weighted by molar-refractivity contribution is 0.472. The standard InChI is InChI=1S/C24H29N5S.HI/c1-25-24(29-14-12-21(18-29)19-30-22-10-6-3-7-11-22)27-16-23-26-13-15-28(23)17-20-8-4-2-5-9-20;/h2-11,13,15,21H,12,14,16-19H2,1H3,(H,25,27);1H. The third kappa shape index (κ3) is 6.74. The van der Waals surface area contributed by atoms with Gasteiger partial charge in [-0.3, -0.25) is 4.99 Å². The maximum absolute atomic E-state index is 4.55. The third-order valence-corrected chi connectivity index (χ3v) is 6.67. The first-order valence-corrected chi connectivity index (χ1v) is 11.5. The zero-order chi connectivity index (χ0) is 20.6. The van der Waals surface area contributed by atoms with Crippen LogP contribution in [0.5, 0.6) is 0 Å². The largest absolute Gasteiger partial charge is 0.349 e. The second kappa shape index (κ2) is 12.1. The first-order valence-electron chi connectivity index (χ1n) is 10.5. The van der Waals surface area contributed by atoms with E-state index in [9.17, 15) is 0 Å². The summed E-state index contributed by atoms with van der Waals surface area (Å²) in [4.78, 5) is 12.8. The molecule has 2 aromatic carbocycles. The van der Waals surface area contributed by atoms with Crippen LogP contribution in [0.25, 0.3) is 0 Å². The fourth-order valence-electron chi connectivity index (χ4n) is 3.81. The SMILES string of the molecule is CN=C(NCc1nccn1Cc1ccccc1)N1CCC(CSc2ccccc2)C1.I. The predicted octanol–water partition coefficient (Wildman–Crippen LogP) is 4.74. The van der Waals surface area contributed by atoms with Crippen LogP contribution in [-0.4, -0.2) is 46.3 Å². The van der Waals surface area contributed by atoms with Gasteiger partial charge in [-0.05, 0) is 30.0 Å². The molecule has 1 atom stereocenters. The normalized spacial score (nSPS) is 16.2. The molecule has 31 heavy (non-hydrogen) atoms. The van der Waals surface area contributed by atoms with Gasteiger partial charge in [0.05, 0.1) is 6.54 Å². The van der Waals surface area contributed by atoms with Crippen molar-refractivity contribution in [2.45, 2.75) is 24.4 Å². The maximum atomic E-state index is 4.55. The highest BCUT2D eigenvalue weighted by Gasteiger charge is 2.25. The maximum Gasteiger partial charge on any atom is 0.194 e. The van der Waals surface area contributed by atoms with Crippen molar-refractivity contribution < 1.29 is 0 Å². The molecule has 0 spiro atoms. The van der Waals surface area contributed by atoms with Crippen LogP contribution in [0.4, 0.5) is 0 Å². The van der Waals surface area contributed by atoms with E-state index in [0.717, 1.165) is 37.2 Å². The lowest BCUT2D eigenvalue weighted by atomic mass is 10.2. The molecule has 1 aromatic heterocycles. The van der Waals surface area contributed by atoms with E-state index in [0.29, 0.717) is 12.5 Å². The number of rotatable bonds is 7. The van der Waals surface area contributed by atoms with Crippen LogP contribution in [0.15, 0.2) is 82.9 Å². The van der Waals surface area contributed by atoms with Crippen molar-refractivity contribution in [3.63, 3.8) is 0 Å². The molecule has 1 unspecified atom stereocenters. The van der Waals surface area contributed by atoms with Gasteiger partial charge in [0.2, 0.25) is 0 Å². The number of guanidine groups is 1. The second-order valence-electron chi connectivity index (χ2n) is 7.58. The lowest BCUT2D eigenvalue weighted by Crippen LogP contribution is -2.40. The Morgan fingerprint density at radius 2 is 1.87 bits per heavy atom. The van der Waals surface area contributed by atoms with Gasteiger partial charge in [-0.1, -0.05) is 48.5 Å². The highest BCUT2D eigenvalue weighted by molar-refractivity contribution is 14.0. The number of aliphatic imine (C=N–C) groups is 1. The monoisotopic (exact) mass is 547 g/mol. The number of thioether (sulfide) groups is 1. The summed E-state index contributed by atoms with van der Waals surface area (Å²) in [5.74, 6) is 3.83. The molecule has 1 N–H and O–H groups in total. The Labute approximate surface area is 206 Å². The van der Waals surface area contributed by atoms with E-state index in [4.69, 9.17) is 0 Å². The summed E-state index contributed by atoms with van der Waals surface area (Å²) in [6.07, 6.45) is 5.12. The molecule has 3 aromatic rings. The van der Waals surface area contributed by atoms with Gasteiger partial charge < -0.3 is 14.8 Å². The number of halogens is 1. The van der Waals surface area contributed by atoms with Gasteiger partial charge in [0.15, 0.2) is 5.96 Å². The summed E-state index contributed by atoms with van der Waals surface area (Å²) in [6.45, 7) is 3.61. The third-order valence-electron chi connectivity index (χ3n) is 5.43. The molecule has 0 aliphatic carbocycles. The molecule has 0 saturated carbocycles. The molecule has 5 nitrogen and oxygen atoms in total. The highest BCUT2D eigenvalue weighted by Crippen LogP contribution is 2.25. The Bertz CT molecular complexity index is 945. The van der Waals surface area contributed by atoms with Gasteiger partial charge in [-0.15, -0.1) is 35.7 Å². The molecule has 0 radical (unpaired) electrons. The Balaban J connectivity index is 0.00000272. The Hall–Kier alpha value is -2.00. The predicted molar refractivity (Wildman–Crippen MR) is 140 cm³/mol. The van der Waals surface area contributed by atoms with Crippen LogP contribution in [0, 0.1) is 5.92 Å². The van der Waals surface area contributed by atoms with Gasteiger partial charge in [0.1, 0.15) is 5.82 Å². The molecule has 1 saturated heterocycles. The lowest BCUT2D eigenvalue weighted by Gasteiger charge is -2.22. The molecular weight excluding hydrogens is 517 g/mol. The molecule has 0 bridgehead atoms. The topological polar surface area (TPSA) is 45.5 Å². The number of aromatic nitrogens is 2. The van der Waals surface area contributed by atoms with Crippen molar-refractivity contribution in [2.24, 2.45) is 10.9 Å². The van der Waals surface area contributed by atoms with E-state index in [1.165, 1.54) is 16.9 Å². The summed E-state index contributed by atoms with van der Waals surface area (Å²) in [5.41, 5.74) is 1.28. The quantitative estimate of drug-likeness (QED) is 0.201. The van der Waals surface area contributed by atoms with Crippen LogP contribution in [-0.2, 0) is 13.1 Å². The minimum absolute atomic E-state index is 0. The highest BCUT2D eigenvalue weighted by atomic mass is 127. The molecule has 0 amide bonds. The van der Waals surface area contributed by atoms with Crippen LogP contribution in [0.1, 0.15) is 17.8 Å². The molecule has 1 aliphatic rings. The first kappa shape index (κ1) is 23.7. The number of likely N-dealkylation sites (tertiary alicyclic amines) is 1. The van der Waals surface area contributed by atoms with E-state index < -0.39 is 0 Å². The fourth-order valence-corrected chi connectivity index (χ4v) is 4.86. The van der Waals surface area contributed by atoms with E-state index in [-0.39, 0.29) is 24.0 Å². The zero-order valence-electron chi connectivity index (χ0n) is 17.9. The molecular formula is C24H30IN5S. The van der Waals surface area contributed by atoms with Gasteiger partial charge in [-0.25, -0.2) is 4.98 Å². The zero-order valence-corrected chi connectivity index (χ0v) is 21.0. The van der Waals surface area contributed by atoms with E-state index in [1.54, 1.807) is 0 Å². The van der Waals surface area contributed by atoms with E-state index in [2.05, 4.69) is 79.4 Å². The molecule has 164 valence electrons. The Morgan fingerprint density at radius 3 is 2.61 bits per heavy atom. The van der Waals surface area contributed by atoms with Gasteiger partial charge in [0.25, 0.3) is 0 Å². The number of benzene rings is 2. The summed E-state index contributed by atoms with van der Waals surface area (Å²) in [5, 5.41) is 3.52. The van der Waals surface area contributed by atoms with E-state index >= 15 is 0 Å². The van der Waals surface area contributed by atoms with Crippen molar-refractivity contribution >= 4 is 41.7 Å². The summed E-state index contributed by atoms with van der Waals surface area (Å²) in [6, 6.07) is 21.2. The molecule has 1 fully saturated rings. The summed E-state index contributed by atoms with van der Waals surface area (Å²) >= 11 is 1.95. The van der Waals surface area contributed by atoms with Crippen molar-refractivity contribution in [1.82, 2.24) is 19.8 Å². The Kier molecular flexibility index (Phi) is 9.27. The first-order chi connectivity index (χ1) is 14.8. The molecule has 1 aliphatic heterocycles. The van der Waals surface area contributed by atoms with Crippen LogP contribution in [0.2, 0.25) is 0 Å². The summed E-state index contributed by atoms with van der Waals surface area (Å²) in [7, 11) is 1.87. The minimum atomic E-state index is 0. The molecule has 4 rings (SSSR count). The fraction of sp³-hybridized carbons (Fsp3) is 0.333. The molecule has 7 heteroatoms. The minimum Gasteiger partial charge on any atom is -0.349 e. The van der Waals surface area contributed by atoms with Crippen molar-refractivity contribution in [1.29, 1.82) is 0 Å². The number of hydrogen-bond acceptors (Lipinski definition) is 3. The van der Waals surface area contributed by atoms with Crippen LogP contribution >= 0.6 is 35.7 Å². The number of imidazole rings is 1. The summed E-state index contributed by atoms with van der Waals surface area (Å²) < 4.78 is 2.19. The van der Waals surface area contributed by atoms with Gasteiger partial charge >= 0.3 is 0 Å². The van der Waals surface area contributed by atoms with Crippen molar-refractivity contribution in [3.05, 3.63) is 84.4 Å². The number of hydrogen-bond donors (Lipinski definition) is 1. The van der Waals surface area contributed by atoms with Crippen molar-refractivity contribution in [3.8, 4) is 0 Å². The van der Waals surface area contributed by atoms with Gasteiger partial charge in [0, 0.05) is 49.7 Å². The van der Waals surface area contributed by atoms with E-state index in [1.807, 2.05) is 37.3 Å². The average Bonchev–Trinajstić information content (AvgIpc) is 3.44. The Morgan fingerprint density at radius 1 is 1.13 bits per heavy atom. The smallest absolute Gasteiger partial charge is 0.194 e. The number of nitrogens with one attached hydrogen (secondary N) is 1. The van der Waals surface area contributed by atoms with Crippen LogP contribution < -0.4 is 5.32 Å².